The van der Waals surface area contributed by atoms with Gasteiger partial charge in [-0.2, -0.15) is 5.10 Å². The second-order valence-corrected chi connectivity index (χ2v) is 6.25. The van der Waals surface area contributed by atoms with E-state index in [9.17, 15) is 0 Å². The number of nitrogens with zero attached hydrogens (tertiary/aromatic N) is 2. The summed E-state index contributed by atoms with van der Waals surface area (Å²) in [6, 6.07) is 8.29. The molecule has 3 N–H and O–H groups in total. The molecule has 20 heavy (non-hydrogen) atoms. The fourth-order valence-corrected chi connectivity index (χ4v) is 3.96. The topological polar surface area (TPSA) is 55.9 Å². The van der Waals surface area contributed by atoms with E-state index in [0.29, 0.717) is 0 Å². The molecule has 2 heterocycles. The van der Waals surface area contributed by atoms with Gasteiger partial charge in [0.2, 0.25) is 0 Å². The molecule has 3 rings (SSSR count). The van der Waals surface area contributed by atoms with E-state index in [2.05, 4.69) is 63.0 Å². The van der Waals surface area contributed by atoms with E-state index in [4.69, 9.17) is 5.84 Å². The number of thiophene rings is 1. The Bertz CT molecular complexity index is 734. The average Bonchev–Trinajstić information content (AvgIpc) is 3.06. The first kappa shape index (κ1) is 13.8. The van der Waals surface area contributed by atoms with Crippen LogP contribution in [-0.4, -0.2) is 9.78 Å². The molecule has 104 valence electrons. The predicted molar refractivity (Wildman–Crippen MR) is 86.6 cm³/mol. The number of hydrogen-bond acceptors (Lipinski definition) is 4. The van der Waals surface area contributed by atoms with Gasteiger partial charge in [0.25, 0.3) is 0 Å². The monoisotopic (exact) mass is 350 g/mol. The minimum absolute atomic E-state index is 0.0806. The lowest BCUT2D eigenvalue weighted by Crippen LogP contribution is -2.30. The molecule has 0 bridgehead atoms. The Hall–Kier alpha value is -1.21. The fraction of sp³-hybridized carbons (Fsp3) is 0.214. The zero-order valence-corrected chi connectivity index (χ0v) is 13.4. The van der Waals surface area contributed by atoms with Crippen molar-refractivity contribution in [3.8, 4) is 0 Å². The SMILES string of the molecule is CCn1ncc(Br)c1C(NN)c1csc2ccccc12. The number of benzene rings is 1. The van der Waals surface area contributed by atoms with Gasteiger partial charge in [0.05, 0.1) is 22.4 Å². The van der Waals surface area contributed by atoms with Gasteiger partial charge in [0.15, 0.2) is 0 Å². The van der Waals surface area contributed by atoms with Crippen LogP contribution in [0.15, 0.2) is 40.3 Å². The smallest absolute Gasteiger partial charge is 0.0903 e. The number of halogens is 1. The number of fused-ring (bicyclic) bond motifs is 1. The first-order chi connectivity index (χ1) is 9.76. The molecule has 0 aliphatic carbocycles. The fourth-order valence-electron chi connectivity index (χ4n) is 2.45. The zero-order valence-electron chi connectivity index (χ0n) is 11.0. The van der Waals surface area contributed by atoms with Crippen LogP contribution in [0.2, 0.25) is 0 Å². The molecule has 0 fully saturated rings. The number of aromatic nitrogens is 2. The van der Waals surface area contributed by atoms with Crippen molar-refractivity contribution in [2.75, 3.05) is 0 Å². The van der Waals surface area contributed by atoms with Gasteiger partial charge in [-0.25, -0.2) is 5.43 Å². The van der Waals surface area contributed by atoms with Crippen LogP contribution >= 0.6 is 27.3 Å². The van der Waals surface area contributed by atoms with E-state index in [0.717, 1.165) is 16.7 Å². The van der Waals surface area contributed by atoms with Crippen LogP contribution < -0.4 is 11.3 Å². The van der Waals surface area contributed by atoms with Crippen molar-refractivity contribution >= 4 is 37.4 Å². The van der Waals surface area contributed by atoms with Crippen molar-refractivity contribution in [1.82, 2.24) is 15.2 Å². The lowest BCUT2D eigenvalue weighted by atomic mass is 10.0. The molecule has 0 saturated carbocycles. The molecule has 0 spiro atoms. The average molecular weight is 351 g/mol. The van der Waals surface area contributed by atoms with E-state index in [-0.39, 0.29) is 6.04 Å². The Morgan fingerprint density at radius 1 is 1.45 bits per heavy atom. The number of rotatable bonds is 4. The summed E-state index contributed by atoms with van der Waals surface area (Å²) in [4.78, 5) is 0. The predicted octanol–water partition coefficient (Wildman–Crippen LogP) is 3.43. The molecule has 6 heteroatoms. The Balaban J connectivity index is 2.16. The number of nitrogens with two attached hydrogens (primary N) is 1. The number of hydrazine groups is 1. The minimum atomic E-state index is -0.0806. The van der Waals surface area contributed by atoms with E-state index in [1.165, 1.54) is 15.6 Å². The number of hydrogen-bond donors (Lipinski definition) is 2. The highest BCUT2D eigenvalue weighted by atomic mass is 79.9. The number of nitrogens with one attached hydrogen (secondary N) is 1. The van der Waals surface area contributed by atoms with Gasteiger partial charge in [0, 0.05) is 11.2 Å². The van der Waals surface area contributed by atoms with Crippen molar-refractivity contribution < 1.29 is 0 Å². The van der Waals surface area contributed by atoms with Crippen LogP contribution in [0.3, 0.4) is 0 Å². The van der Waals surface area contributed by atoms with Crippen molar-refractivity contribution in [2.45, 2.75) is 19.5 Å². The van der Waals surface area contributed by atoms with Gasteiger partial charge in [-0.15, -0.1) is 11.3 Å². The molecular formula is C14H15BrN4S. The van der Waals surface area contributed by atoms with E-state index in [1.54, 1.807) is 11.3 Å². The Morgan fingerprint density at radius 2 is 2.25 bits per heavy atom. The largest absolute Gasteiger partial charge is 0.271 e. The molecule has 0 aliphatic heterocycles. The summed E-state index contributed by atoms with van der Waals surface area (Å²) in [7, 11) is 0. The number of aryl methyl sites for hydroxylation is 1. The van der Waals surface area contributed by atoms with Crippen LogP contribution in [0, 0.1) is 0 Å². The van der Waals surface area contributed by atoms with Crippen LogP contribution in [0.25, 0.3) is 10.1 Å². The lowest BCUT2D eigenvalue weighted by Gasteiger charge is -2.18. The highest BCUT2D eigenvalue weighted by Crippen LogP contribution is 2.35. The third kappa shape index (κ3) is 2.18. The summed E-state index contributed by atoms with van der Waals surface area (Å²) in [6.07, 6.45) is 1.82. The van der Waals surface area contributed by atoms with Gasteiger partial charge in [-0.1, -0.05) is 18.2 Å². The molecule has 4 nitrogen and oxygen atoms in total. The summed E-state index contributed by atoms with van der Waals surface area (Å²) in [5.74, 6) is 5.83. The standard InChI is InChI=1S/C14H15BrN4S/c1-2-19-14(11(15)7-17-19)13(18-16)10-8-20-12-6-4-3-5-9(10)12/h3-8,13,18H,2,16H2,1H3. The molecule has 1 aromatic carbocycles. The van der Waals surface area contributed by atoms with Crippen molar-refractivity contribution in [3.63, 3.8) is 0 Å². The first-order valence-corrected chi connectivity index (χ1v) is 8.07. The molecule has 1 atom stereocenters. The summed E-state index contributed by atoms with van der Waals surface area (Å²) in [5, 5.41) is 7.76. The highest BCUT2D eigenvalue weighted by molar-refractivity contribution is 9.10. The van der Waals surface area contributed by atoms with Gasteiger partial charge in [-0.05, 0) is 45.2 Å². The van der Waals surface area contributed by atoms with E-state index in [1.807, 2.05) is 10.9 Å². The first-order valence-electron chi connectivity index (χ1n) is 6.39. The molecule has 0 amide bonds. The van der Waals surface area contributed by atoms with Crippen LogP contribution in [-0.2, 0) is 6.54 Å². The minimum Gasteiger partial charge on any atom is -0.271 e. The third-order valence-corrected chi connectivity index (χ3v) is 4.99. The van der Waals surface area contributed by atoms with Gasteiger partial charge >= 0.3 is 0 Å². The third-order valence-electron chi connectivity index (χ3n) is 3.39. The summed E-state index contributed by atoms with van der Waals surface area (Å²) < 4.78 is 4.19. The quantitative estimate of drug-likeness (QED) is 0.559. The normalized spacial score (nSPS) is 12.9. The van der Waals surface area contributed by atoms with E-state index >= 15 is 0 Å². The van der Waals surface area contributed by atoms with Crippen LogP contribution in [0.1, 0.15) is 24.2 Å². The van der Waals surface area contributed by atoms with Crippen molar-refractivity contribution in [1.29, 1.82) is 0 Å². The second-order valence-electron chi connectivity index (χ2n) is 4.48. The Morgan fingerprint density at radius 3 is 3.00 bits per heavy atom. The van der Waals surface area contributed by atoms with Crippen LogP contribution in [0.4, 0.5) is 0 Å². The molecule has 1 unspecified atom stereocenters. The van der Waals surface area contributed by atoms with Gasteiger partial charge < -0.3 is 0 Å². The second kappa shape index (κ2) is 5.65. The summed E-state index contributed by atoms with van der Waals surface area (Å²) >= 11 is 5.31. The molecule has 3 aromatic rings. The van der Waals surface area contributed by atoms with E-state index < -0.39 is 0 Å². The molecular weight excluding hydrogens is 336 g/mol. The molecule has 0 saturated heterocycles. The Kier molecular flexibility index (Phi) is 3.89. The molecule has 0 aliphatic rings. The molecule has 2 aromatic heterocycles. The lowest BCUT2D eigenvalue weighted by molar-refractivity contribution is 0.544. The highest BCUT2D eigenvalue weighted by Gasteiger charge is 2.22. The molecule has 0 radical (unpaired) electrons. The van der Waals surface area contributed by atoms with Crippen LogP contribution in [0.5, 0.6) is 0 Å². The zero-order chi connectivity index (χ0) is 14.1. The van der Waals surface area contributed by atoms with Gasteiger partial charge in [-0.3, -0.25) is 10.5 Å². The summed E-state index contributed by atoms with van der Waals surface area (Å²) in [6.45, 7) is 2.88. The summed E-state index contributed by atoms with van der Waals surface area (Å²) in [5.41, 5.74) is 5.17. The maximum absolute atomic E-state index is 5.83. The maximum atomic E-state index is 5.83. The van der Waals surface area contributed by atoms with Crippen molar-refractivity contribution in [3.05, 3.63) is 51.6 Å². The maximum Gasteiger partial charge on any atom is 0.0903 e. The van der Waals surface area contributed by atoms with Gasteiger partial charge in [0.1, 0.15) is 0 Å². The Labute approximate surface area is 129 Å². The van der Waals surface area contributed by atoms with Crippen molar-refractivity contribution in [2.24, 2.45) is 5.84 Å².